The minimum absolute atomic E-state index is 0.0788. The maximum absolute atomic E-state index is 13.3. The van der Waals surface area contributed by atoms with Gasteiger partial charge in [0, 0.05) is 5.56 Å². The molecule has 1 heterocycles. The summed E-state index contributed by atoms with van der Waals surface area (Å²) < 4.78 is 39.6. The highest BCUT2D eigenvalue weighted by Crippen LogP contribution is 2.20. The number of amides is 1. The third kappa shape index (κ3) is 2.95. The van der Waals surface area contributed by atoms with Gasteiger partial charge in [0.25, 0.3) is 5.91 Å². The van der Waals surface area contributed by atoms with Crippen molar-refractivity contribution in [2.75, 3.05) is 6.61 Å². The van der Waals surface area contributed by atoms with Gasteiger partial charge in [-0.05, 0) is 35.9 Å². The van der Waals surface area contributed by atoms with Crippen molar-refractivity contribution < 1.29 is 23.1 Å². The number of halogens is 3. The second-order valence-corrected chi connectivity index (χ2v) is 5.14. The first-order valence-corrected chi connectivity index (χ1v) is 6.99. The van der Waals surface area contributed by atoms with Gasteiger partial charge in [-0.1, -0.05) is 0 Å². The monoisotopic (exact) mass is 335 g/mol. The van der Waals surface area contributed by atoms with Crippen molar-refractivity contribution in [3.8, 4) is 0 Å². The Hall–Kier alpha value is -2.87. The van der Waals surface area contributed by atoms with Gasteiger partial charge in [0.15, 0.2) is 17.5 Å². The number of nitrogens with zero attached hydrogens (tertiary/aromatic N) is 1. The van der Waals surface area contributed by atoms with Gasteiger partial charge in [0.1, 0.15) is 0 Å². The van der Waals surface area contributed by atoms with E-state index in [-0.39, 0.29) is 11.1 Å². The van der Waals surface area contributed by atoms with Gasteiger partial charge < -0.3 is 15.4 Å². The van der Waals surface area contributed by atoms with E-state index in [1.807, 2.05) is 0 Å². The Bertz CT molecular complexity index is 887. The van der Waals surface area contributed by atoms with Gasteiger partial charge in [-0.3, -0.25) is 4.79 Å². The topological polar surface area (TPSA) is 78.0 Å². The van der Waals surface area contributed by atoms with Crippen LogP contribution in [0.15, 0.2) is 36.7 Å². The molecule has 1 amide bonds. The van der Waals surface area contributed by atoms with Gasteiger partial charge in [-0.25, -0.2) is 18.2 Å². The minimum Gasteiger partial charge on any atom is -0.394 e. The maximum atomic E-state index is 13.3. The van der Waals surface area contributed by atoms with E-state index in [2.05, 4.69) is 15.3 Å². The van der Waals surface area contributed by atoms with Crippen molar-refractivity contribution in [3.63, 3.8) is 0 Å². The predicted molar refractivity (Wildman–Crippen MR) is 79.7 cm³/mol. The zero-order valence-electron chi connectivity index (χ0n) is 12.2. The first-order valence-electron chi connectivity index (χ1n) is 6.99. The molecule has 0 saturated heterocycles. The average Bonchev–Trinajstić information content (AvgIpc) is 3.04. The molecule has 0 aliphatic heterocycles. The lowest BCUT2D eigenvalue weighted by Gasteiger charge is -2.17. The van der Waals surface area contributed by atoms with Crippen molar-refractivity contribution in [1.82, 2.24) is 15.3 Å². The number of nitrogens with one attached hydrogen (secondary N) is 2. The summed E-state index contributed by atoms with van der Waals surface area (Å²) in [6.45, 7) is -0.609. The molecule has 0 saturated carbocycles. The second kappa shape index (κ2) is 6.32. The molecule has 3 rings (SSSR count). The molecule has 3 aromatic rings. The number of carbonyl (C=O) groups is 1. The molecule has 1 atom stereocenters. The summed E-state index contributed by atoms with van der Waals surface area (Å²) in [6, 6.07) is 5.09. The van der Waals surface area contributed by atoms with Crippen molar-refractivity contribution >= 4 is 16.9 Å². The molecule has 3 N–H and O–H groups in total. The largest absolute Gasteiger partial charge is 0.394 e. The summed E-state index contributed by atoms with van der Waals surface area (Å²) in [5.74, 6) is -4.95. The molecule has 0 spiro atoms. The number of aliphatic hydroxyl groups is 1. The van der Waals surface area contributed by atoms with E-state index in [9.17, 15) is 23.1 Å². The highest BCUT2D eigenvalue weighted by Gasteiger charge is 2.19. The van der Waals surface area contributed by atoms with E-state index < -0.39 is 36.0 Å². The molecule has 8 heteroatoms. The van der Waals surface area contributed by atoms with E-state index in [1.54, 1.807) is 12.1 Å². The lowest BCUT2D eigenvalue weighted by atomic mass is 10.1. The van der Waals surface area contributed by atoms with E-state index in [1.165, 1.54) is 12.4 Å². The molecule has 0 bridgehead atoms. The number of hydrogen-bond acceptors (Lipinski definition) is 3. The summed E-state index contributed by atoms with van der Waals surface area (Å²) in [5.41, 5.74) is 1.51. The van der Waals surface area contributed by atoms with Gasteiger partial charge in [0.2, 0.25) is 0 Å². The lowest BCUT2D eigenvalue weighted by molar-refractivity contribution is 0.0916. The average molecular weight is 335 g/mol. The van der Waals surface area contributed by atoms with E-state index in [4.69, 9.17) is 0 Å². The first kappa shape index (κ1) is 16.0. The molecule has 0 radical (unpaired) electrons. The van der Waals surface area contributed by atoms with Crippen LogP contribution in [0.3, 0.4) is 0 Å². The number of aliphatic hydroxyl groups excluding tert-OH is 1. The molecule has 5 nitrogen and oxygen atoms in total. The lowest BCUT2D eigenvalue weighted by Crippen LogP contribution is -2.31. The van der Waals surface area contributed by atoms with Crippen LogP contribution in [0.1, 0.15) is 22.0 Å². The van der Waals surface area contributed by atoms with Gasteiger partial charge in [-0.2, -0.15) is 0 Å². The fraction of sp³-hybridized carbons (Fsp3) is 0.125. The molecule has 24 heavy (non-hydrogen) atoms. The first-order chi connectivity index (χ1) is 11.5. The van der Waals surface area contributed by atoms with Gasteiger partial charge in [-0.15, -0.1) is 0 Å². The smallest absolute Gasteiger partial charge is 0.251 e. The number of benzene rings is 2. The van der Waals surface area contributed by atoms with Crippen LogP contribution in [0, 0.1) is 17.5 Å². The number of imidazole rings is 1. The number of carbonyl (C=O) groups excluding carboxylic acids is 1. The quantitative estimate of drug-likeness (QED) is 0.641. The van der Waals surface area contributed by atoms with Crippen LogP contribution in [-0.4, -0.2) is 27.6 Å². The highest BCUT2D eigenvalue weighted by molar-refractivity contribution is 5.97. The number of hydrogen-bond donors (Lipinski definition) is 3. The minimum atomic E-state index is -1.61. The summed E-state index contributed by atoms with van der Waals surface area (Å²) in [7, 11) is 0. The molecule has 2 aromatic carbocycles. The van der Waals surface area contributed by atoms with Gasteiger partial charge >= 0.3 is 0 Å². The Labute approximate surface area is 134 Å². The summed E-state index contributed by atoms with van der Waals surface area (Å²) in [6.07, 6.45) is 1.48. The third-order valence-electron chi connectivity index (χ3n) is 3.58. The molecule has 124 valence electrons. The van der Waals surface area contributed by atoms with Crippen molar-refractivity contribution in [2.45, 2.75) is 6.04 Å². The van der Waals surface area contributed by atoms with Crippen LogP contribution in [0.4, 0.5) is 13.2 Å². The SMILES string of the molecule is O=C(NC(CO)c1cc(F)c(F)c(F)c1)c1ccc2nc[nH]c2c1. The summed E-state index contributed by atoms with van der Waals surface area (Å²) in [5, 5.41) is 11.8. The normalized spacial score (nSPS) is 12.3. The number of H-pyrrole nitrogens is 1. The van der Waals surface area contributed by atoms with Crippen LogP contribution in [0.2, 0.25) is 0 Å². The van der Waals surface area contributed by atoms with Crippen LogP contribution < -0.4 is 5.32 Å². The Morgan fingerprint density at radius 1 is 1.21 bits per heavy atom. The number of rotatable bonds is 4. The zero-order chi connectivity index (χ0) is 17.3. The van der Waals surface area contributed by atoms with Crippen LogP contribution in [0.25, 0.3) is 11.0 Å². The molecule has 0 aliphatic rings. The van der Waals surface area contributed by atoms with Crippen molar-refractivity contribution in [3.05, 3.63) is 65.2 Å². The van der Waals surface area contributed by atoms with Gasteiger partial charge in [0.05, 0.1) is 30.0 Å². The summed E-state index contributed by atoms with van der Waals surface area (Å²) in [4.78, 5) is 19.2. The molecule has 0 aliphatic carbocycles. The molecule has 1 unspecified atom stereocenters. The Kier molecular flexibility index (Phi) is 4.22. The van der Waals surface area contributed by atoms with Crippen LogP contribution >= 0.6 is 0 Å². The standard InChI is InChI=1S/C16H12F3N3O2/c17-10-3-9(4-11(18)15(10)19)14(6-23)22-16(24)8-1-2-12-13(5-8)21-7-20-12/h1-5,7,14,23H,6H2,(H,20,21)(H,22,24). The summed E-state index contributed by atoms with van der Waals surface area (Å²) >= 11 is 0. The highest BCUT2D eigenvalue weighted by atomic mass is 19.2. The Morgan fingerprint density at radius 3 is 2.58 bits per heavy atom. The fourth-order valence-corrected chi connectivity index (χ4v) is 2.33. The van der Waals surface area contributed by atoms with E-state index in [0.29, 0.717) is 11.0 Å². The second-order valence-electron chi connectivity index (χ2n) is 5.14. The Morgan fingerprint density at radius 2 is 1.92 bits per heavy atom. The third-order valence-corrected chi connectivity index (χ3v) is 3.58. The van der Waals surface area contributed by atoms with E-state index in [0.717, 1.165) is 12.1 Å². The number of aromatic nitrogens is 2. The van der Waals surface area contributed by atoms with Crippen molar-refractivity contribution in [2.24, 2.45) is 0 Å². The zero-order valence-corrected chi connectivity index (χ0v) is 12.2. The van der Waals surface area contributed by atoms with Crippen LogP contribution in [-0.2, 0) is 0 Å². The maximum Gasteiger partial charge on any atom is 0.251 e. The molecular formula is C16H12F3N3O2. The van der Waals surface area contributed by atoms with E-state index >= 15 is 0 Å². The van der Waals surface area contributed by atoms with Crippen molar-refractivity contribution in [1.29, 1.82) is 0 Å². The molecular weight excluding hydrogens is 323 g/mol. The fourth-order valence-electron chi connectivity index (χ4n) is 2.33. The number of aromatic amines is 1. The Balaban J connectivity index is 1.85. The molecule has 1 aromatic heterocycles. The molecule has 0 fully saturated rings. The van der Waals surface area contributed by atoms with Crippen LogP contribution in [0.5, 0.6) is 0 Å². The number of fused-ring (bicyclic) bond motifs is 1. The predicted octanol–water partition coefficient (Wildman–Crippen LogP) is 2.44.